The van der Waals surface area contributed by atoms with Gasteiger partial charge in [-0.2, -0.15) is 5.10 Å². The molecule has 4 aromatic rings. The molecule has 3 N–H and O–H groups in total. The van der Waals surface area contributed by atoms with Crippen LogP contribution in [-0.4, -0.2) is 44.8 Å². The summed E-state index contributed by atoms with van der Waals surface area (Å²) in [5.41, 5.74) is 8.85. The number of pyridine rings is 1. The summed E-state index contributed by atoms with van der Waals surface area (Å²) < 4.78 is 16.5. The highest BCUT2D eigenvalue weighted by atomic mass is 32.1. The monoisotopic (exact) mass is 477 g/mol. The number of nitrogens with one attached hydrogen (secondary N) is 1. The minimum atomic E-state index is -0.392. The van der Waals surface area contributed by atoms with Crippen molar-refractivity contribution in [3.05, 3.63) is 77.6 Å². The fourth-order valence-corrected chi connectivity index (χ4v) is 4.84. The number of nitrogens with two attached hydrogens (primary N) is 1. The van der Waals surface area contributed by atoms with Crippen molar-refractivity contribution in [3.63, 3.8) is 0 Å². The summed E-state index contributed by atoms with van der Waals surface area (Å²) in [5, 5.41) is 9.58. The van der Waals surface area contributed by atoms with E-state index in [2.05, 4.69) is 20.4 Å². The molecule has 3 aromatic heterocycles. The van der Waals surface area contributed by atoms with Gasteiger partial charge >= 0.3 is 0 Å². The molecular formula is C24H24FN7OS. The Morgan fingerprint density at radius 1 is 1.26 bits per heavy atom. The average molecular weight is 478 g/mol. The van der Waals surface area contributed by atoms with Gasteiger partial charge in [0.25, 0.3) is 5.91 Å². The zero-order chi connectivity index (χ0) is 23.5. The van der Waals surface area contributed by atoms with E-state index >= 15 is 0 Å². The first-order valence-electron chi connectivity index (χ1n) is 11.1. The Balaban J connectivity index is 1.31. The van der Waals surface area contributed by atoms with Crippen LogP contribution in [-0.2, 0) is 6.54 Å². The van der Waals surface area contributed by atoms with Gasteiger partial charge in [0, 0.05) is 42.5 Å². The smallest absolute Gasteiger partial charge is 0.275 e. The molecule has 1 aromatic carbocycles. The summed E-state index contributed by atoms with van der Waals surface area (Å²) in [6.45, 7) is 1.79. The van der Waals surface area contributed by atoms with Crippen molar-refractivity contribution in [2.75, 3.05) is 23.3 Å². The normalized spacial score (nSPS) is 15.9. The van der Waals surface area contributed by atoms with Crippen LogP contribution in [0.25, 0.3) is 10.6 Å². The van der Waals surface area contributed by atoms with Crippen LogP contribution in [0.1, 0.15) is 29.0 Å². The predicted molar refractivity (Wildman–Crippen MR) is 130 cm³/mol. The molecule has 8 nitrogen and oxygen atoms in total. The van der Waals surface area contributed by atoms with Crippen molar-refractivity contribution >= 4 is 28.6 Å². The molecule has 10 heteroatoms. The first kappa shape index (κ1) is 22.2. The van der Waals surface area contributed by atoms with Crippen molar-refractivity contribution < 1.29 is 9.18 Å². The van der Waals surface area contributed by atoms with Gasteiger partial charge in [0.15, 0.2) is 0 Å². The van der Waals surface area contributed by atoms with Crippen LogP contribution in [0.2, 0.25) is 0 Å². The predicted octanol–water partition coefficient (Wildman–Crippen LogP) is 3.77. The Hall–Kier alpha value is -3.63. The maximum atomic E-state index is 14.7. The van der Waals surface area contributed by atoms with Crippen LogP contribution in [0.4, 0.5) is 15.8 Å². The molecule has 1 saturated heterocycles. The molecule has 0 radical (unpaired) electrons. The highest BCUT2D eigenvalue weighted by Gasteiger charge is 2.23. The summed E-state index contributed by atoms with van der Waals surface area (Å²) in [6.07, 6.45) is 7.13. The number of carbonyl (C=O) groups is 1. The molecular weight excluding hydrogens is 453 g/mol. The number of aromatic nitrogens is 4. The van der Waals surface area contributed by atoms with Crippen LogP contribution in [0.3, 0.4) is 0 Å². The van der Waals surface area contributed by atoms with Crippen LogP contribution in [0, 0.1) is 5.82 Å². The average Bonchev–Trinajstić information content (AvgIpc) is 3.50. The van der Waals surface area contributed by atoms with Gasteiger partial charge in [0.2, 0.25) is 0 Å². The second-order valence-corrected chi connectivity index (χ2v) is 9.08. The third kappa shape index (κ3) is 4.82. The minimum absolute atomic E-state index is 0.0170. The summed E-state index contributed by atoms with van der Waals surface area (Å²) in [7, 11) is 0. The van der Waals surface area contributed by atoms with Crippen LogP contribution in [0.15, 0.2) is 60.4 Å². The van der Waals surface area contributed by atoms with Gasteiger partial charge in [-0.15, -0.1) is 11.3 Å². The summed E-state index contributed by atoms with van der Waals surface area (Å²) in [4.78, 5) is 23.7. The minimum Gasteiger partial charge on any atom is -0.366 e. The molecule has 1 fully saturated rings. The lowest BCUT2D eigenvalue weighted by atomic mass is 10.1. The van der Waals surface area contributed by atoms with Crippen LogP contribution < -0.4 is 16.0 Å². The molecule has 0 bridgehead atoms. The molecule has 4 heterocycles. The Labute approximate surface area is 200 Å². The van der Waals surface area contributed by atoms with Crippen molar-refractivity contribution in [1.82, 2.24) is 19.7 Å². The fourth-order valence-electron chi connectivity index (χ4n) is 4.07. The standard InChI is InChI=1S/C24H24FN7OS/c25-19-7-3-8-20(22(19)31-10-4-5-17(26)13-31)29-23(33)21-15-34-24(30-21)16-11-28-32(12-16)14-18-6-1-2-9-27-18/h1-3,6-9,11-12,15,17H,4-5,10,13-14,26H2,(H,29,33)/t17-/m1/s1. The second kappa shape index (κ2) is 9.70. The Morgan fingerprint density at radius 2 is 2.18 bits per heavy atom. The number of thiazole rings is 1. The van der Waals surface area contributed by atoms with Gasteiger partial charge in [-0.25, -0.2) is 9.37 Å². The summed E-state index contributed by atoms with van der Waals surface area (Å²) >= 11 is 1.35. The van der Waals surface area contributed by atoms with Crippen LogP contribution in [0.5, 0.6) is 0 Å². The number of rotatable bonds is 6. The number of hydrogen-bond donors (Lipinski definition) is 2. The molecule has 174 valence electrons. The number of halogens is 1. The molecule has 34 heavy (non-hydrogen) atoms. The number of benzene rings is 1. The number of amides is 1. The molecule has 0 spiro atoms. The molecule has 1 aliphatic heterocycles. The lowest BCUT2D eigenvalue weighted by Crippen LogP contribution is -2.43. The van der Waals surface area contributed by atoms with Crippen molar-refractivity contribution in [2.24, 2.45) is 5.73 Å². The van der Waals surface area contributed by atoms with E-state index in [1.807, 2.05) is 29.3 Å². The van der Waals surface area contributed by atoms with E-state index in [4.69, 9.17) is 5.73 Å². The number of piperidine rings is 1. The van der Waals surface area contributed by atoms with E-state index < -0.39 is 5.91 Å². The second-order valence-electron chi connectivity index (χ2n) is 8.22. The lowest BCUT2D eigenvalue weighted by molar-refractivity contribution is 0.102. The third-order valence-electron chi connectivity index (χ3n) is 5.68. The highest BCUT2D eigenvalue weighted by Crippen LogP contribution is 2.32. The zero-order valence-electron chi connectivity index (χ0n) is 18.4. The summed E-state index contributed by atoms with van der Waals surface area (Å²) in [6, 6.07) is 10.4. The molecule has 1 amide bonds. The number of carbonyl (C=O) groups excluding carboxylic acids is 1. The maximum absolute atomic E-state index is 14.7. The highest BCUT2D eigenvalue weighted by molar-refractivity contribution is 7.13. The van der Waals surface area contributed by atoms with Gasteiger partial charge in [0.05, 0.1) is 29.8 Å². The first-order chi connectivity index (χ1) is 16.6. The lowest BCUT2D eigenvalue weighted by Gasteiger charge is -2.34. The molecule has 0 saturated carbocycles. The van der Waals surface area contributed by atoms with E-state index in [1.54, 1.807) is 34.6 Å². The SMILES string of the molecule is N[C@@H]1CCCN(c2c(F)cccc2NC(=O)c2csc(-c3cnn(Cc4ccccn4)c3)n2)C1. The van der Waals surface area contributed by atoms with E-state index in [1.165, 1.54) is 17.4 Å². The third-order valence-corrected chi connectivity index (χ3v) is 6.57. The molecule has 1 atom stereocenters. The zero-order valence-corrected chi connectivity index (χ0v) is 19.2. The van der Waals surface area contributed by atoms with Crippen molar-refractivity contribution in [3.8, 4) is 10.6 Å². The Bertz CT molecular complexity index is 1290. The van der Waals surface area contributed by atoms with E-state index in [9.17, 15) is 9.18 Å². The fraction of sp³-hybridized carbons (Fsp3) is 0.250. The van der Waals surface area contributed by atoms with Crippen LogP contribution >= 0.6 is 11.3 Å². The quantitative estimate of drug-likeness (QED) is 0.438. The van der Waals surface area contributed by atoms with Crippen molar-refractivity contribution in [2.45, 2.75) is 25.4 Å². The molecule has 0 unspecified atom stereocenters. The van der Waals surface area contributed by atoms with E-state index in [0.717, 1.165) is 24.1 Å². The van der Waals surface area contributed by atoms with Gasteiger partial charge < -0.3 is 16.0 Å². The topological polar surface area (TPSA) is 102 Å². The Morgan fingerprint density at radius 3 is 3.00 bits per heavy atom. The molecule has 5 rings (SSSR count). The van der Waals surface area contributed by atoms with E-state index in [-0.39, 0.29) is 17.6 Å². The first-order valence-corrected chi connectivity index (χ1v) is 11.9. The largest absolute Gasteiger partial charge is 0.366 e. The number of hydrogen-bond acceptors (Lipinski definition) is 7. The van der Waals surface area contributed by atoms with Crippen molar-refractivity contribution in [1.29, 1.82) is 0 Å². The van der Waals surface area contributed by atoms with Gasteiger partial charge in [-0.05, 0) is 37.1 Å². The maximum Gasteiger partial charge on any atom is 0.275 e. The number of nitrogens with zero attached hydrogens (tertiary/aromatic N) is 5. The van der Waals surface area contributed by atoms with E-state index in [0.29, 0.717) is 36.0 Å². The summed E-state index contributed by atoms with van der Waals surface area (Å²) in [5.74, 6) is -0.775. The van der Waals surface area contributed by atoms with Gasteiger partial charge in [-0.3, -0.25) is 14.5 Å². The molecule has 0 aliphatic carbocycles. The van der Waals surface area contributed by atoms with Gasteiger partial charge in [-0.1, -0.05) is 12.1 Å². The molecule has 1 aliphatic rings. The number of para-hydroxylation sites is 1. The van der Waals surface area contributed by atoms with Gasteiger partial charge in [0.1, 0.15) is 16.5 Å². The Kier molecular flexibility index (Phi) is 6.33. The number of anilines is 2.